The fourth-order valence-electron chi connectivity index (χ4n) is 3.11. The van der Waals surface area contributed by atoms with Crippen molar-refractivity contribution >= 4 is 11.8 Å². The van der Waals surface area contributed by atoms with E-state index in [9.17, 15) is 9.59 Å². The maximum atomic E-state index is 12.3. The summed E-state index contributed by atoms with van der Waals surface area (Å²) in [5.41, 5.74) is 5.22. The molecule has 0 atom stereocenters. The molecule has 0 bridgehead atoms. The number of hydrogen-bond donors (Lipinski definition) is 1. The third kappa shape index (κ3) is 2.89. The van der Waals surface area contributed by atoms with Crippen LogP contribution in [0.3, 0.4) is 0 Å². The summed E-state index contributed by atoms with van der Waals surface area (Å²) in [6.07, 6.45) is 7.71. The third-order valence-electron chi connectivity index (χ3n) is 4.66. The Kier molecular flexibility index (Phi) is 3.61. The average molecular weight is 288 g/mol. The fraction of sp³-hybridized carbons (Fsp3) is 0.600. The lowest BCUT2D eigenvalue weighted by Crippen LogP contribution is -2.49. The molecule has 2 aliphatic rings. The molecule has 21 heavy (non-hydrogen) atoms. The van der Waals surface area contributed by atoms with E-state index in [0.29, 0.717) is 31.8 Å². The molecule has 6 heteroatoms. The Morgan fingerprint density at radius 1 is 1.24 bits per heavy atom. The normalized spacial score (nSPS) is 21.0. The number of rotatable bonds is 4. The Labute approximate surface area is 123 Å². The van der Waals surface area contributed by atoms with Gasteiger partial charge in [-0.05, 0) is 31.2 Å². The van der Waals surface area contributed by atoms with Gasteiger partial charge in [-0.25, -0.2) is 9.97 Å². The van der Waals surface area contributed by atoms with Crippen LogP contribution in [-0.4, -0.2) is 39.8 Å². The van der Waals surface area contributed by atoms with Crippen molar-refractivity contribution in [3.05, 3.63) is 24.3 Å². The predicted molar refractivity (Wildman–Crippen MR) is 76.1 cm³/mol. The van der Waals surface area contributed by atoms with Crippen LogP contribution in [0.15, 0.2) is 18.5 Å². The SMILES string of the molecule is NC(=O)C1(CC2CC2)CCN(C(=O)c2ncccn2)CC1. The van der Waals surface area contributed by atoms with Crippen LogP contribution < -0.4 is 5.73 Å². The van der Waals surface area contributed by atoms with E-state index in [1.54, 1.807) is 23.4 Å². The molecule has 2 amide bonds. The number of aromatic nitrogens is 2. The second-order valence-corrected chi connectivity index (χ2v) is 6.16. The van der Waals surface area contributed by atoms with Crippen LogP contribution in [0.25, 0.3) is 0 Å². The van der Waals surface area contributed by atoms with Crippen molar-refractivity contribution in [3.8, 4) is 0 Å². The summed E-state index contributed by atoms with van der Waals surface area (Å²) < 4.78 is 0. The summed E-state index contributed by atoms with van der Waals surface area (Å²) in [5.74, 6) is 0.487. The van der Waals surface area contributed by atoms with Gasteiger partial charge in [0.25, 0.3) is 5.91 Å². The Morgan fingerprint density at radius 2 is 1.86 bits per heavy atom. The second-order valence-electron chi connectivity index (χ2n) is 6.16. The zero-order chi connectivity index (χ0) is 14.9. The van der Waals surface area contributed by atoms with Crippen molar-refractivity contribution in [2.75, 3.05) is 13.1 Å². The van der Waals surface area contributed by atoms with Gasteiger partial charge < -0.3 is 10.6 Å². The molecule has 112 valence electrons. The van der Waals surface area contributed by atoms with Crippen molar-refractivity contribution < 1.29 is 9.59 Å². The van der Waals surface area contributed by atoms with Gasteiger partial charge in [0.05, 0.1) is 5.41 Å². The van der Waals surface area contributed by atoms with E-state index < -0.39 is 5.41 Å². The second kappa shape index (κ2) is 5.42. The van der Waals surface area contributed by atoms with Gasteiger partial charge in [0.1, 0.15) is 0 Å². The molecule has 1 saturated heterocycles. The van der Waals surface area contributed by atoms with Crippen molar-refractivity contribution in [1.29, 1.82) is 0 Å². The lowest BCUT2D eigenvalue weighted by atomic mass is 9.73. The molecule has 6 nitrogen and oxygen atoms in total. The van der Waals surface area contributed by atoms with Gasteiger partial charge >= 0.3 is 0 Å². The van der Waals surface area contributed by atoms with Gasteiger partial charge in [-0.15, -0.1) is 0 Å². The summed E-state index contributed by atoms with van der Waals surface area (Å²) in [7, 11) is 0. The fourth-order valence-corrected chi connectivity index (χ4v) is 3.11. The molecular formula is C15H20N4O2. The van der Waals surface area contributed by atoms with Gasteiger partial charge in [0.2, 0.25) is 11.7 Å². The summed E-state index contributed by atoms with van der Waals surface area (Å²) in [6.45, 7) is 1.10. The highest BCUT2D eigenvalue weighted by molar-refractivity contribution is 5.90. The van der Waals surface area contributed by atoms with Crippen molar-refractivity contribution in [2.24, 2.45) is 17.1 Å². The third-order valence-corrected chi connectivity index (χ3v) is 4.66. The summed E-state index contributed by atoms with van der Waals surface area (Å²) >= 11 is 0. The number of piperidine rings is 1. The zero-order valence-corrected chi connectivity index (χ0v) is 12.0. The molecule has 1 aliphatic carbocycles. The lowest BCUT2D eigenvalue weighted by Gasteiger charge is -2.39. The highest BCUT2D eigenvalue weighted by Gasteiger charge is 2.44. The monoisotopic (exact) mass is 288 g/mol. The molecule has 0 spiro atoms. The smallest absolute Gasteiger partial charge is 0.291 e. The van der Waals surface area contributed by atoms with E-state index in [1.807, 2.05) is 0 Å². The highest BCUT2D eigenvalue weighted by Crippen LogP contribution is 2.45. The van der Waals surface area contributed by atoms with Crippen LogP contribution in [0.2, 0.25) is 0 Å². The van der Waals surface area contributed by atoms with Crippen LogP contribution in [-0.2, 0) is 4.79 Å². The van der Waals surface area contributed by atoms with Gasteiger partial charge in [-0.1, -0.05) is 12.8 Å². The Bertz CT molecular complexity index is 534. The standard InChI is InChI=1S/C15H20N4O2/c16-14(21)15(10-11-2-3-11)4-8-19(9-5-15)13(20)12-17-6-1-7-18-12/h1,6-7,11H,2-5,8-10H2,(H2,16,21). The van der Waals surface area contributed by atoms with Crippen LogP contribution in [0.4, 0.5) is 0 Å². The number of carbonyl (C=O) groups excluding carboxylic acids is 2. The van der Waals surface area contributed by atoms with E-state index in [4.69, 9.17) is 5.73 Å². The number of hydrogen-bond acceptors (Lipinski definition) is 4. The predicted octanol–water partition coefficient (Wildman–Crippen LogP) is 0.984. The van der Waals surface area contributed by atoms with E-state index in [1.165, 1.54) is 12.8 Å². The maximum Gasteiger partial charge on any atom is 0.291 e. The first kappa shape index (κ1) is 14.0. The average Bonchev–Trinajstić information content (AvgIpc) is 3.32. The maximum absolute atomic E-state index is 12.3. The largest absolute Gasteiger partial charge is 0.369 e. The topological polar surface area (TPSA) is 89.2 Å². The Balaban J connectivity index is 1.66. The van der Waals surface area contributed by atoms with Crippen LogP contribution in [0.5, 0.6) is 0 Å². The zero-order valence-electron chi connectivity index (χ0n) is 12.0. The highest BCUT2D eigenvalue weighted by atomic mass is 16.2. The number of amides is 2. The first-order valence-electron chi connectivity index (χ1n) is 7.47. The molecule has 1 aromatic rings. The molecule has 2 heterocycles. The van der Waals surface area contributed by atoms with Crippen molar-refractivity contribution in [2.45, 2.75) is 32.1 Å². The minimum atomic E-state index is -0.421. The summed E-state index contributed by atoms with van der Waals surface area (Å²) in [5, 5.41) is 0. The Hall–Kier alpha value is -1.98. The Morgan fingerprint density at radius 3 is 2.38 bits per heavy atom. The molecule has 1 aliphatic heterocycles. The number of nitrogens with zero attached hydrogens (tertiary/aromatic N) is 3. The lowest BCUT2D eigenvalue weighted by molar-refractivity contribution is -0.131. The van der Waals surface area contributed by atoms with E-state index in [2.05, 4.69) is 9.97 Å². The van der Waals surface area contributed by atoms with Gasteiger partial charge in [-0.3, -0.25) is 9.59 Å². The summed E-state index contributed by atoms with van der Waals surface area (Å²) in [4.78, 5) is 33.9. The molecule has 1 aromatic heterocycles. The minimum absolute atomic E-state index is 0.167. The molecule has 2 fully saturated rings. The number of likely N-dealkylation sites (tertiary alicyclic amines) is 1. The van der Waals surface area contributed by atoms with E-state index in [-0.39, 0.29) is 17.6 Å². The molecule has 0 unspecified atom stereocenters. The van der Waals surface area contributed by atoms with Gasteiger partial charge in [-0.2, -0.15) is 0 Å². The van der Waals surface area contributed by atoms with E-state index in [0.717, 1.165) is 6.42 Å². The van der Waals surface area contributed by atoms with Crippen molar-refractivity contribution in [3.63, 3.8) is 0 Å². The van der Waals surface area contributed by atoms with Gasteiger partial charge in [0.15, 0.2) is 0 Å². The molecule has 1 saturated carbocycles. The van der Waals surface area contributed by atoms with E-state index >= 15 is 0 Å². The first-order valence-corrected chi connectivity index (χ1v) is 7.47. The number of carbonyl (C=O) groups is 2. The van der Waals surface area contributed by atoms with Crippen LogP contribution >= 0.6 is 0 Å². The minimum Gasteiger partial charge on any atom is -0.369 e. The molecule has 0 radical (unpaired) electrons. The van der Waals surface area contributed by atoms with Gasteiger partial charge in [0, 0.05) is 25.5 Å². The number of primary amides is 1. The molecular weight excluding hydrogens is 268 g/mol. The molecule has 2 N–H and O–H groups in total. The molecule has 3 rings (SSSR count). The van der Waals surface area contributed by atoms with Crippen LogP contribution in [0, 0.1) is 11.3 Å². The van der Waals surface area contributed by atoms with Crippen LogP contribution in [0.1, 0.15) is 42.7 Å². The summed E-state index contributed by atoms with van der Waals surface area (Å²) in [6, 6.07) is 1.68. The quantitative estimate of drug-likeness (QED) is 0.894. The van der Waals surface area contributed by atoms with Crippen molar-refractivity contribution in [1.82, 2.24) is 14.9 Å². The molecule has 0 aromatic carbocycles. The number of nitrogens with two attached hydrogens (primary N) is 1. The first-order chi connectivity index (χ1) is 10.1.